The number of phenolic OH excluding ortho intramolecular Hbond substituents is 1. The molecule has 300 valence electrons. The second-order valence-corrected chi connectivity index (χ2v) is 15.7. The molecule has 2 amide bonds. The number of aliphatic hydroxyl groups is 1. The lowest BCUT2D eigenvalue weighted by Gasteiger charge is -2.47. The molecule has 4 aromatic rings. The van der Waals surface area contributed by atoms with Gasteiger partial charge in [0.25, 0.3) is 5.91 Å². The van der Waals surface area contributed by atoms with Gasteiger partial charge in [-0.1, -0.05) is 30.3 Å². The van der Waals surface area contributed by atoms with Gasteiger partial charge in [0, 0.05) is 77.1 Å². The number of amides is 2. The number of likely N-dealkylation sites (tertiary alicyclic amines) is 1. The third-order valence-electron chi connectivity index (χ3n) is 11.4. The van der Waals surface area contributed by atoms with E-state index in [1.807, 2.05) is 21.8 Å². The lowest BCUT2D eigenvalue weighted by Crippen LogP contribution is -2.58. The largest absolute Gasteiger partial charge is 0.506 e. The number of carbonyl (C=O) groups is 2. The summed E-state index contributed by atoms with van der Waals surface area (Å²) in [6.45, 7) is 7.43. The Morgan fingerprint density at radius 1 is 1.09 bits per heavy atom. The number of carbonyl (C=O) groups excluding carboxylic acids is 2. The number of ether oxygens (including phenoxy) is 2. The normalized spacial score (nSPS) is 17.7. The number of hydrogen-bond acceptors (Lipinski definition) is 10. The number of fused-ring (bicyclic) bond motifs is 1. The number of nitrogens with zero attached hydrogens (tertiary/aromatic N) is 5. The number of nitrogens with one attached hydrogen (secondary N) is 2. The van der Waals surface area contributed by atoms with Crippen molar-refractivity contribution in [1.29, 1.82) is 0 Å². The molecule has 0 bridgehead atoms. The predicted octanol–water partition coefficient (Wildman–Crippen LogP) is 3.08. The quantitative estimate of drug-likeness (QED) is 0.117. The zero-order valence-corrected chi connectivity index (χ0v) is 32.3. The maximum Gasteiger partial charge on any atom is 0.274 e. The van der Waals surface area contributed by atoms with Crippen LogP contribution in [-0.4, -0.2) is 130 Å². The Balaban J connectivity index is 0.768. The van der Waals surface area contributed by atoms with Crippen LogP contribution in [0.5, 0.6) is 5.75 Å². The second kappa shape index (κ2) is 18.1. The molecule has 1 atom stereocenters. The van der Waals surface area contributed by atoms with Crippen LogP contribution in [0.2, 0.25) is 0 Å². The van der Waals surface area contributed by atoms with E-state index in [1.165, 1.54) is 36.1 Å². The van der Waals surface area contributed by atoms with Crippen molar-refractivity contribution < 1.29 is 29.3 Å². The third kappa shape index (κ3) is 10.2. The molecule has 4 heterocycles. The number of likely N-dealkylation sites (N-methyl/N-ethyl adjacent to an activating group) is 1. The highest BCUT2D eigenvalue weighted by atomic mass is 16.5. The topological polar surface area (TPSA) is 165 Å². The van der Waals surface area contributed by atoms with E-state index in [2.05, 4.69) is 44.6 Å². The molecule has 0 unspecified atom stereocenters. The molecule has 3 fully saturated rings. The van der Waals surface area contributed by atoms with Gasteiger partial charge in [-0.15, -0.1) is 0 Å². The number of pyridine rings is 1. The van der Waals surface area contributed by atoms with Crippen LogP contribution < -0.4 is 10.9 Å². The molecule has 3 aliphatic rings. The molecule has 56 heavy (non-hydrogen) atoms. The number of rotatable bonds is 17. The van der Waals surface area contributed by atoms with E-state index in [0.29, 0.717) is 74.1 Å². The van der Waals surface area contributed by atoms with E-state index in [1.54, 1.807) is 24.1 Å². The molecule has 1 aliphatic carbocycles. The lowest BCUT2D eigenvalue weighted by atomic mass is 9.89. The number of aromatic nitrogens is 3. The van der Waals surface area contributed by atoms with E-state index in [4.69, 9.17) is 9.47 Å². The van der Waals surface area contributed by atoms with Crippen molar-refractivity contribution >= 4 is 22.7 Å². The Labute approximate surface area is 327 Å². The molecule has 2 aromatic heterocycles. The maximum absolute atomic E-state index is 13.3. The number of benzene rings is 2. The van der Waals surface area contributed by atoms with Crippen LogP contribution in [0.15, 0.2) is 65.6 Å². The van der Waals surface area contributed by atoms with E-state index in [0.717, 1.165) is 45.4 Å². The summed E-state index contributed by atoms with van der Waals surface area (Å²) in [6.07, 6.45) is 6.40. The first-order valence-electron chi connectivity index (χ1n) is 20.0. The fourth-order valence-electron chi connectivity index (χ4n) is 7.80. The van der Waals surface area contributed by atoms with Gasteiger partial charge in [-0.05, 0) is 72.9 Å². The maximum atomic E-state index is 13.3. The summed E-state index contributed by atoms with van der Waals surface area (Å²) in [5.74, 6) is 0.649. The summed E-state index contributed by atoms with van der Waals surface area (Å²) in [4.78, 5) is 46.3. The fourth-order valence-corrected chi connectivity index (χ4v) is 7.80. The summed E-state index contributed by atoms with van der Waals surface area (Å²) >= 11 is 0. The van der Waals surface area contributed by atoms with Gasteiger partial charge in [-0.2, -0.15) is 5.10 Å². The van der Waals surface area contributed by atoms with Crippen molar-refractivity contribution in [3.63, 3.8) is 0 Å². The molecular formula is C42H55N7O7. The van der Waals surface area contributed by atoms with Crippen molar-refractivity contribution in [3.8, 4) is 5.75 Å². The van der Waals surface area contributed by atoms with Crippen molar-refractivity contribution in [2.75, 3.05) is 72.7 Å². The zero-order chi connectivity index (χ0) is 39.1. The molecule has 14 heteroatoms. The second-order valence-electron chi connectivity index (χ2n) is 15.7. The van der Waals surface area contributed by atoms with Crippen molar-refractivity contribution in [2.24, 2.45) is 5.92 Å². The van der Waals surface area contributed by atoms with E-state index in [9.17, 15) is 24.6 Å². The van der Waals surface area contributed by atoms with E-state index >= 15 is 0 Å². The Morgan fingerprint density at radius 3 is 2.73 bits per heavy atom. The van der Waals surface area contributed by atoms with Crippen LogP contribution in [0.1, 0.15) is 65.4 Å². The molecule has 14 nitrogen and oxygen atoms in total. The van der Waals surface area contributed by atoms with Crippen LogP contribution in [0.4, 0.5) is 0 Å². The number of H-pyrrole nitrogens is 1. The standard InChI is InChI=1S/C42H55N7O7/c1-46(20-16-43-26-37(51)33-7-9-36(50)40-34(33)8-10-38(52)44-40)39(53)13-23-55-22-12-30-3-2-4-32(25-30)27-47-18-14-42(15-19-47)29-48(21-24-56-42)41(54)35-11-17-49(45-35)28-31-5-6-31/h2-4,7-11,17,25,31,37,43,50-51H,5-6,12-16,18-24,26-29H2,1H3,(H,44,52)/t37-/m0/s1. The molecule has 0 radical (unpaired) electrons. The molecule has 1 saturated carbocycles. The summed E-state index contributed by atoms with van der Waals surface area (Å²) in [6, 6.07) is 16.5. The average molecular weight is 770 g/mol. The van der Waals surface area contributed by atoms with Gasteiger partial charge >= 0.3 is 0 Å². The Morgan fingerprint density at radius 2 is 1.91 bits per heavy atom. The van der Waals surface area contributed by atoms with Crippen LogP contribution in [0.3, 0.4) is 0 Å². The Kier molecular flexibility index (Phi) is 12.8. The number of morpholine rings is 1. The minimum Gasteiger partial charge on any atom is -0.506 e. The van der Waals surface area contributed by atoms with E-state index < -0.39 is 6.10 Å². The summed E-state index contributed by atoms with van der Waals surface area (Å²) in [7, 11) is 1.75. The van der Waals surface area contributed by atoms with Gasteiger partial charge in [-0.3, -0.25) is 24.0 Å². The smallest absolute Gasteiger partial charge is 0.274 e. The summed E-state index contributed by atoms with van der Waals surface area (Å²) in [5, 5.41) is 29.2. The van der Waals surface area contributed by atoms with Crippen LogP contribution in [-0.2, 0) is 33.8 Å². The summed E-state index contributed by atoms with van der Waals surface area (Å²) in [5.41, 5.74) is 3.24. The van der Waals surface area contributed by atoms with Crippen molar-refractivity contribution in [2.45, 2.75) is 63.3 Å². The van der Waals surface area contributed by atoms with Gasteiger partial charge in [0.15, 0.2) is 0 Å². The monoisotopic (exact) mass is 769 g/mol. The average Bonchev–Trinajstić information content (AvgIpc) is 3.90. The number of phenols is 1. The molecule has 4 N–H and O–H groups in total. The molecule has 2 aromatic carbocycles. The van der Waals surface area contributed by atoms with Crippen molar-refractivity contribution in [3.05, 3.63) is 93.5 Å². The Bertz CT molecular complexity index is 2020. The summed E-state index contributed by atoms with van der Waals surface area (Å²) < 4.78 is 14.1. The highest BCUT2D eigenvalue weighted by Gasteiger charge is 2.41. The molecule has 1 spiro atoms. The fraction of sp³-hybridized carbons (Fsp3) is 0.524. The highest BCUT2D eigenvalue weighted by Crippen LogP contribution is 2.33. The number of aromatic amines is 1. The first-order valence-corrected chi connectivity index (χ1v) is 20.0. The first-order chi connectivity index (χ1) is 27.1. The van der Waals surface area contributed by atoms with Crippen LogP contribution in [0, 0.1) is 5.92 Å². The lowest BCUT2D eigenvalue weighted by molar-refractivity contribution is -0.131. The zero-order valence-electron chi connectivity index (χ0n) is 32.3. The Hall–Kier alpha value is -4.60. The van der Waals surface area contributed by atoms with Crippen molar-refractivity contribution in [1.82, 2.24) is 34.8 Å². The minimum absolute atomic E-state index is 0.00592. The molecule has 2 aliphatic heterocycles. The van der Waals surface area contributed by atoms with E-state index in [-0.39, 0.29) is 41.7 Å². The molecule has 2 saturated heterocycles. The van der Waals surface area contributed by atoms with Gasteiger partial charge in [0.2, 0.25) is 11.5 Å². The number of piperidine rings is 1. The highest BCUT2D eigenvalue weighted by molar-refractivity contribution is 5.92. The number of aromatic hydroxyl groups is 1. The first kappa shape index (κ1) is 39.6. The third-order valence-corrected chi connectivity index (χ3v) is 11.4. The molecule has 7 rings (SSSR count). The number of aliphatic hydroxyl groups excluding tert-OH is 1. The van der Waals surface area contributed by atoms with Crippen LogP contribution in [0.25, 0.3) is 10.9 Å². The van der Waals surface area contributed by atoms with Gasteiger partial charge in [0.1, 0.15) is 11.4 Å². The molecular weight excluding hydrogens is 715 g/mol. The number of hydrogen-bond donors (Lipinski definition) is 4. The minimum atomic E-state index is -0.863. The van der Waals surface area contributed by atoms with Gasteiger partial charge < -0.3 is 39.8 Å². The van der Waals surface area contributed by atoms with Gasteiger partial charge in [-0.25, -0.2) is 0 Å². The predicted molar refractivity (Wildman–Crippen MR) is 211 cm³/mol. The van der Waals surface area contributed by atoms with Crippen LogP contribution >= 0.6 is 0 Å². The van der Waals surface area contributed by atoms with Gasteiger partial charge in [0.05, 0.1) is 50.0 Å². The SMILES string of the molecule is CN(CCNC[C@H](O)c1ccc(O)c2[nH]c(=O)ccc12)C(=O)CCOCCc1cccc(CN2CCC3(CC2)CN(C(=O)c2ccn(CC4CC4)n2)CCO3)c1.